The molecule has 5 rings (SSSR count). The highest BCUT2D eigenvalue weighted by Gasteiger charge is 2.35. The molecule has 4 aromatic carbocycles. The molecular formula is C31H30. The maximum atomic E-state index is 2.39. The fourth-order valence-corrected chi connectivity index (χ4v) is 4.91. The second-order valence-corrected chi connectivity index (χ2v) is 10.3. The molecule has 1 aliphatic rings. The first-order chi connectivity index (χ1) is 14.7. The monoisotopic (exact) mass is 402 g/mol. The van der Waals surface area contributed by atoms with Crippen LogP contribution in [0.4, 0.5) is 0 Å². The van der Waals surface area contributed by atoms with E-state index in [1.165, 1.54) is 50.1 Å². The van der Waals surface area contributed by atoms with Gasteiger partial charge in [0.05, 0.1) is 0 Å². The molecule has 0 heterocycles. The van der Waals surface area contributed by atoms with Gasteiger partial charge < -0.3 is 0 Å². The number of fused-ring (bicyclic) bond motifs is 3. The van der Waals surface area contributed by atoms with E-state index in [4.69, 9.17) is 0 Å². The van der Waals surface area contributed by atoms with Gasteiger partial charge in [0.1, 0.15) is 0 Å². The molecule has 0 atom stereocenters. The van der Waals surface area contributed by atoms with Crippen LogP contribution in [-0.4, -0.2) is 0 Å². The lowest BCUT2D eigenvalue weighted by Gasteiger charge is -2.22. The Morgan fingerprint density at radius 2 is 1.10 bits per heavy atom. The van der Waals surface area contributed by atoms with Crippen LogP contribution in [0.2, 0.25) is 0 Å². The minimum atomic E-state index is 0.00405. The highest BCUT2D eigenvalue weighted by molar-refractivity contribution is 5.86. The Labute approximate surface area is 186 Å². The molecule has 0 heteroatoms. The smallest absolute Gasteiger partial charge is 0.0159 e. The molecule has 31 heavy (non-hydrogen) atoms. The summed E-state index contributed by atoms with van der Waals surface area (Å²) in [6.45, 7) is 11.5. The quantitative estimate of drug-likeness (QED) is 0.315. The molecule has 154 valence electrons. The average Bonchev–Trinajstić information content (AvgIpc) is 3.00. The Hall–Kier alpha value is -3.12. The zero-order valence-corrected chi connectivity index (χ0v) is 19.2. The zero-order valence-electron chi connectivity index (χ0n) is 19.2. The van der Waals surface area contributed by atoms with Crippen molar-refractivity contribution in [2.24, 2.45) is 0 Å². The van der Waals surface area contributed by atoms with Crippen molar-refractivity contribution >= 4 is 0 Å². The molecule has 0 saturated carbocycles. The summed E-state index contributed by atoms with van der Waals surface area (Å²) in [7, 11) is 0. The molecule has 0 aromatic heterocycles. The fraction of sp³-hybridized carbons (Fsp3) is 0.226. The van der Waals surface area contributed by atoms with Gasteiger partial charge in [-0.25, -0.2) is 0 Å². The Balaban J connectivity index is 1.59. The first-order valence-corrected chi connectivity index (χ1v) is 11.2. The minimum absolute atomic E-state index is 0.00405. The van der Waals surface area contributed by atoms with Crippen LogP contribution in [-0.2, 0) is 10.8 Å². The normalized spacial score (nSPS) is 14.2. The predicted octanol–water partition coefficient (Wildman–Crippen LogP) is 8.62. The van der Waals surface area contributed by atoms with Gasteiger partial charge in [-0.2, -0.15) is 0 Å². The van der Waals surface area contributed by atoms with Gasteiger partial charge in [-0.3, -0.25) is 0 Å². The van der Waals surface area contributed by atoms with Crippen molar-refractivity contribution in [3.8, 4) is 33.4 Å². The molecule has 0 amide bonds. The van der Waals surface area contributed by atoms with Crippen LogP contribution in [0.5, 0.6) is 0 Å². The van der Waals surface area contributed by atoms with Gasteiger partial charge in [-0.1, -0.05) is 113 Å². The van der Waals surface area contributed by atoms with E-state index < -0.39 is 0 Å². The second-order valence-electron chi connectivity index (χ2n) is 10.3. The van der Waals surface area contributed by atoms with Gasteiger partial charge in [-0.05, 0) is 67.6 Å². The summed E-state index contributed by atoms with van der Waals surface area (Å²) in [4.78, 5) is 0. The topological polar surface area (TPSA) is 0 Å². The summed E-state index contributed by atoms with van der Waals surface area (Å²) in [6, 6.07) is 33.7. The van der Waals surface area contributed by atoms with Gasteiger partial charge in [0.2, 0.25) is 0 Å². The van der Waals surface area contributed by atoms with Gasteiger partial charge in [0, 0.05) is 5.41 Å². The van der Waals surface area contributed by atoms with Crippen molar-refractivity contribution in [2.45, 2.75) is 45.4 Å². The summed E-state index contributed by atoms with van der Waals surface area (Å²) in [5, 5.41) is 0. The average molecular weight is 403 g/mol. The predicted molar refractivity (Wildman–Crippen MR) is 134 cm³/mol. The molecule has 0 nitrogen and oxygen atoms in total. The van der Waals surface area contributed by atoms with Crippen LogP contribution in [0.25, 0.3) is 33.4 Å². The summed E-state index contributed by atoms with van der Waals surface area (Å²) in [5.41, 5.74) is 12.3. The molecule has 0 N–H and O–H groups in total. The highest BCUT2D eigenvalue weighted by Crippen LogP contribution is 2.50. The summed E-state index contributed by atoms with van der Waals surface area (Å²) in [6.07, 6.45) is 0. The number of hydrogen-bond acceptors (Lipinski definition) is 0. The summed E-state index contributed by atoms with van der Waals surface area (Å²) < 4.78 is 0. The van der Waals surface area contributed by atoms with E-state index in [0.29, 0.717) is 0 Å². The van der Waals surface area contributed by atoms with E-state index in [2.05, 4.69) is 126 Å². The van der Waals surface area contributed by atoms with Crippen LogP contribution in [0.15, 0.2) is 91.0 Å². The second kappa shape index (κ2) is 6.95. The molecule has 4 aromatic rings. The van der Waals surface area contributed by atoms with E-state index in [1.54, 1.807) is 0 Å². The van der Waals surface area contributed by atoms with Crippen LogP contribution in [0, 0.1) is 0 Å². The van der Waals surface area contributed by atoms with Gasteiger partial charge >= 0.3 is 0 Å². The van der Waals surface area contributed by atoms with Crippen molar-refractivity contribution < 1.29 is 0 Å². The van der Waals surface area contributed by atoms with Crippen LogP contribution in [0.1, 0.15) is 51.3 Å². The fourth-order valence-electron chi connectivity index (χ4n) is 4.91. The molecular weight excluding hydrogens is 372 g/mol. The summed E-state index contributed by atoms with van der Waals surface area (Å²) >= 11 is 0. The number of hydrogen-bond donors (Lipinski definition) is 0. The van der Waals surface area contributed by atoms with Gasteiger partial charge in [0.25, 0.3) is 0 Å². The first kappa shape index (κ1) is 19.8. The third kappa shape index (κ3) is 3.31. The lowest BCUT2D eigenvalue weighted by molar-refractivity contribution is 0.590. The van der Waals surface area contributed by atoms with Gasteiger partial charge in [-0.15, -0.1) is 0 Å². The lowest BCUT2D eigenvalue weighted by Crippen LogP contribution is -2.15. The van der Waals surface area contributed by atoms with Crippen LogP contribution < -0.4 is 0 Å². The molecule has 0 radical (unpaired) electrons. The highest BCUT2D eigenvalue weighted by atomic mass is 14.4. The third-order valence-electron chi connectivity index (χ3n) is 6.87. The van der Waals surface area contributed by atoms with Crippen molar-refractivity contribution in [2.75, 3.05) is 0 Å². The zero-order chi connectivity index (χ0) is 21.8. The van der Waals surface area contributed by atoms with Crippen molar-refractivity contribution in [1.29, 1.82) is 0 Å². The molecule has 0 unspecified atom stereocenters. The van der Waals surface area contributed by atoms with E-state index in [9.17, 15) is 0 Å². The largest absolute Gasteiger partial charge is 0.0622 e. The molecule has 0 aliphatic heterocycles. The molecule has 0 spiro atoms. The molecule has 0 fully saturated rings. The Morgan fingerprint density at radius 1 is 0.516 bits per heavy atom. The van der Waals surface area contributed by atoms with Crippen molar-refractivity contribution in [3.63, 3.8) is 0 Å². The molecule has 0 saturated heterocycles. The van der Waals surface area contributed by atoms with E-state index in [0.717, 1.165) is 0 Å². The van der Waals surface area contributed by atoms with E-state index in [-0.39, 0.29) is 10.8 Å². The van der Waals surface area contributed by atoms with Gasteiger partial charge in [0.15, 0.2) is 0 Å². The Bertz CT molecular complexity index is 1250. The van der Waals surface area contributed by atoms with E-state index in [1.807, 2.05) is 0 Å². The Morgan fingerprint density at radius 3 is 1.77 bits per heavy atom. The minimum Gasteiger partial charge on any atom is -0.0622 e. The maximum Gasteiger partial charge on any atom is 0.0159 e. The standard InChI is InChI=1S/C31H30/c1-30(2,3)25-15-11-22(12-16-25)23-14-18-28-27(19-23)26-17-13-24(20-29(26)31(28,4)5)21-9-7-6-8-10-21/h6-20H,1-5H3. The van der Waals surface area contributed by atoms with Crippen LogP contribution >= 0.6 is 0 Å². The van der Waals surface area contributed by atoms with Crippen molar-refractivity contribution in [1.82, 2.24) is 0 Å². The number of rotatable bonds is 2. The number of benzene rings is 4. The van der Waals surface area contributed by atoms with E-state index >= 15 is 0 Å². The third-order valence-corrected chi connectivity index (χ3v) is 6.87. The molecule has 1 aliphatic carbocycles. The summed E-state index contributed by atoms with van der Waals surface area (Å²) in [5.74, 6) is 0. The maximum absolute atomic E-state index is 2.39. The molecule has 0 bridgehead atoms. The lowest BCUT2D eigenvalue weighted by atomic mass is 9.81. The van der Waals surface area contributed by atoms with Crippen LogP contribution in [0.3, 0.4) is 0 Å². The van der Waals surface area contributed by atoms with Crippen molar-refractivity contribution in [3.05, 3.63) is 108 Å². The first-order valence-electron chi connectivity index (χ1n) is 11.2. The SMILES string of the molecule is CC(C)(C)c1ccc(-c2ccc3c(c2)-c2ccc(-c4ccccc4)cc2C3(C)C)cc1. The Kier molecular flexibility index (Phi) is 4.45.